The molecule has 194 valence electrons. The molecule has 2 aliphatic rings. The van der Waals surface area contributed by atoms with Crippen molar-refractivity contribution in [3.8, 4) is 5.75 Å². The first-order valence-electron chi connectivity index (χ1n) is 12.0. The minimum atomic E-state index is -1.08. The minimum Gasteiger partial charge on any atom is -0.483 e. The maximum atomic E-state index is 13.0. The van der Waals surface area contributed by atoms with E-state index >= 15 is 0 Å². The van der Waals surface area contributed by atoms with Crippen molar-refractivity contribution in [1.82, 2.24) is 26.2 Å². The third-order valence-corrected chi connectivity index (χ3v) is 5.89. The minimum absolute atomic E-state index is 0.00211. The predicted molar refractivity (Wildman–Crippen MR) is 127 cm³/mol. The molecule has 1 aromatic rings. The zero-order valence-electron chi connectivity index (χ0n) is 20.2. The first-order valence-corrected chi connectivity index (χ1v) is 12.0. The molecule has 0 bridgehead atoms. The highest BCUT2D eigenvalue weighted by Gasteiger charge is 2.46. The molecule has 3 rings (SSSR count). The highest BCUT2D eigenvalue weighted by Crippen LogP contribution is 2.33. The first-order chi connectivity index (χ1) is 17.3. The van der Waals surface area contributed by atoms with Gasteiger partial charge in [-0.3, -0.25) is 39.0 Å². The summed E-state index contributed by atoms with van der Waals surface area (Å²) in [5, 5.41) is 10.6. The van der Waals surface area contributed by atoms with Gasteiger partial charge < -0.3 is 20.7 Å². The van der Waals surface area contributed by atoms with Gasteiger partial charge in [0.2, 0.25) is 17.7 Å². The molecule has 1 aromatic carbocycles. The molecule has 1 saturated heterocycles. The van der Waals surface area contributed by atoms with Crippen molar-refractivity contribution in [1.29, 1.82) is 0 Å². The van der Waals surface area contributed by atoms with E-state index in [4.69, 9.17) is 4.74 Å². The fourth-order valence-corrected chi connectivity index (χ4v) is 4.03. The lowest BCUT2D eigenvalue weighted by atomic mass is 10.0. The van der Waals surface area contributed by atoms with Crippen molar-refractivity contribution in [2.75, 3.05) is 33.3 Å². The van der Waals surface area contributed by atoms with Crippen LogP contribution in [0.4, 0.5) is 0 Å². The number of imide groups is 2. The van der Waals surface area contributed by atoms with E-state index in [1.54, 1.807) is 0 Å². The number of piperidine rings is 1. The fourth-order valence-electron chi connectivity index (χ4n) is 4.03. The number of nitrogens with one attached hydrogen (secondary N) is 4. The van der Waals surface area contributed by atoms with Crippen LogP contribution in [-0.4, -0.2) is 79.7 Å². The molecule has 1 unspecified atom stereocenters. The first kappa shape index (κ1) is 26.8. The molecule has 0 spiro atoms. The average Bonchev–Trinajstić information content (AvgIpc) is 3.10. The molecule has 12 nitrogen and oxygen atoms in total. The Morgan fingerprint density at radius 1 is 1.00 bits per heavy atom. The molecule has 6 amide bonds. The summed E-state index contributed by atoms with van der Waals surface area (Å²) in [5.41, 5.74) is 0.0746. The van der Waals surface area contributed by atoms with Crippen LogP contribution in [0.2, 0.25) is 0 Å². The Balaban J connectivity index is 1.44. The Kier molecular flexibility index (Phi) is 9.51. The summed E-state index contributed by atoms with van der Waals surface area (Å²) in [6.45, 7) is 1.36. The number of carbonyl (C=O) groups excluding carboxylic acids is 6. The number of benzene rings is 1. The molecule has 1 fully saturated rings. The van der Waals surface area contributed by atoms with Crippen LogP contribution in [0.25, 0.3) is 0 Å². The molecule has 2 aliphatic heterocycles. The lowest BCUT2D eigenvalue weighted by Crippen LogP contribution is -2.54. The van der Waals surface area contributed by atoms with Crippen molar-refractivity contribution in [2.45, 2.75) is 44.6 Å². The lowest BCUT2D eigenvalue weighted by molar-refractivity contribution is -0.136. The number of nitrogens with zero attached hydrogens (tertiary/aromatic N) is 1. The number of ether oxygens (including phenoxy) is 1. The van der Waals surface area contributed by atoms with E-state index in [0.29, 0.717) is 38.9 Å². The van der Waals surface area contributed by atoms with E-state index in [2.05, 4.69) is 21.3 Å². The Morgan fingerprint density at radius 2 is 1.78 bits per heavy atom. The van der Waals surface area contributed by atoms with Crippen LogP contribution in [0.1, 0.15) is 59.2 Å². The zero-order valence-corrected chi connectivity index (χ0v) is 20.2. The van der Waals surface area contributed by atoms with E-state index in [1.165, 1.54) is 18.2 Å². The van der Waals surface area contributed by atoms with Crippen LogP contribution in [0.3, 0.4) is 0 Å². The summed E-state index contributed by atoms with van der Waals surface area (Å²) in [4.78, 5) is 74.1. The number of hydrogen-bond acceptors (Lipinski definition) is 8. The Bertz CT molecular complexity index is 1040. The smallest absolute Gasteiger partial charge is 0.266 e. The number of amides is 6. The van der Waals surface area contributed by atoms with Gasteiger partial charge in [0, 0.05) is 32.5 Å². The molecular weight excluding hydrogens is 470 g/mol. The number of likely N-dealkylation sites (N-methyl/N-ethyl adjacent to an activating group) is 1. The SMILES string of the molecule is CNCCNC(=O)CCCCCNC(=O)COc1cccc2c1C(=O)N(C1CCC(=O)NC1=O)C2=O. The third kappa shape index (κ3) is 6.66. The number of rotatable bonds is 13. The van der Waals surface area contributed by atoms with Gasteiger partial charge in [-0.2, -0.15) is 0 Å². The van der Waals surface area contributed by atoms with Gasteiger partial charge in [0.1, 0.15) is 11.8 Å². The van der Waals surface area contributed by atoms with E-state index < -0.39 is 35.6 Å². The Hall–Kier alpha value is -3.80. The third-order valence-electron chi connectivity index (χ3n) is 5.89. The molecule has 0 aliphatic carbocycles. The second-order valence-corrected chi connectivity index (χ2v) is 8.53. The van der Waals surface area contributed by atoms with Gasteiger partial charge in [-0.05, 0) is 38.4 Å². The van der Waals surface area contributed by atoms with Gasteiger partial charge in [-0.25, -0.2) is 0 Å². The van der Waals surface area contributed by atoms with Gasteiger partial charge in [0.25, 0.3) is 17.7 Å². The second-order valence-electron chi connectivity index (χ2n) is 8.53. The topological polar surface area (TPSA) is 163 Å². The summed E-state index contributed by atoms with van der Waals surface area (Å²) in [6.07, 6.45) is 2.70. The highest BCUT2D eigenvalue weighted by molar-refractivity contribution is 6.24. The van der Waals surface area contributed by atoms with Crippen molar-refractivity contribution in [3.63, 3.8) is 0 Å². The van der Waals surface area contributed by atoms with Gasteiger partial charge in [-0.15, -0.1) is 0 Å². The van der Waals surface area contributed by atoms with Crippen LogP contribution in [-0.2, 0) is 19.2 Å². The summed E-state index contributed by atoms with van der Waals surface area (Å²) >= 11 is 0. The van der Waals surface area contributed by atoms with Gasteiger partial charge >= 0.3 is 0 Å². The lowest BCUT2D eigenvalue weighted by Gasteiger charge is -2.27. The Morgan fingerprint density at radius 3 is 2.53 bits per heavy atom. The summed E-state index contributed by atoms with van der Waals surface area (Å²) in [5.74, 6) is -2.81. The fraction of sp³-hybridized carbons (Fsp3) is 0.500. The standard InChI is InChI=1S/C24H31N5O7/c1-25-12-13-27-18(30)8-3-2-4-11-26-20(32)14-36-17-7-5-6-15-21(17)24(35)29(23(15)34)16-9-10-19(31)28-22(16)33/h5-7,16,25H,2-4,8-14H2,1H3,(H,26,32)(H,27,30)(H,28,31,33). The van der Waals surface area contributed by atoms with Crippen molar-refractivity contribution >= 4 is 35.4 Å². The molecule has 36 heavy (non-hydrogen) atoms. The number of unbranched alkanes of at least 4 members (excludes halogenated alkanes) is 2. The number of carbonyl (C=O) groups is 6. The van der Waals surface area contributed by atoms with E-state index in [9.17, 15) is 28.8 Å². The van der Waals surface area contributed by atoms with Gasteiger partial charge in [-0.1, -0.05) is 12.5 Å². The molecular formula is C24H31N5O7. The van der Waals surface area contributed by atoms with Crippen molar-refractivity contribution in [3.05, 3.63) is 29.3 Å². The van der Waals surface area contributed by atoms with E-state index in [1.807, 2.05) is 7.05 Å². The molecule has 0 radical (unpaired) electrons. The van der Waals surface area contributed by atoms with Gasteiger partial charge in [0.15, 0.2) is 6.61 Å². The van der Waals surface area contributed by atoms with E-state index in [0.717, 1.165) is 11.3 Å². The van der Waals surface area contributed by atoms with Crippen LogP contribution < -0.4 is 26.0 Å². The summed E-state index contributed by atoms with van der Waals surface area (Å²) in [6, 6.07) is 3.38. The van der Waals surface area contributed by atoms with Crippen LogP contribution >= 0.6 is 0 Å². The number of hydrogen-bond donors (Lipinski definition) is 4. The van der Waals surface area contributed by atoms with Crippen LogP contribution in [0.5, 0.6) is 5.75 Å². The molecule has 2 heterocycles. The monoisotopic (exact) mass is 501 g/mol. The van der Waals surface area contributed by atoms with Crippen molar-refractivity contribution in [2.24, 2.45) is 0 Å². The normalized spacial score (nSPS) is 17.0. The summed E-state index contributed by atoms with van der Waals surface area (Å²) < 4.78 is 5.54. The second kappa shape index (κ2) is 12.8. The average molecular weight is 502 g/mol. The molecule has 4 N–H and O–H groups in total. The largest absolute Gasteiger partial charge is 0.483 e. The van der Waals surface area contributed by atoms with E-state index in [-0.39, 0.29) is 42.2 Å². The van der Waals surface area contributed by atoms with Crippen molar-refractivity contribution < 1.29 is 33.5 Å². The molecule has 0 saturated carbocycles. The quantitative estimate of drug-likeness (QED) is 0.207. The Labute approximate surface area is 208 Å². The maximum Gasteiger partial charge on any atom is 0.266 e. The summed E-state index contributed by atoms with van der Waals surface area (Å²) in [7, 11) is 1.82. The molecule has 1 atom stereocenters. The van der Waals surface area contributed by atoms with Crippen LogP contribution in [0, 0.1) is 0 Å². The predicted octanol–water partition coefficient (Wildman–Crippen LogP) is -0.521. The zero-order chi connectivity index (χ0) is 26.1. The number of fused-ring (bicyclic) bond motifs is 1. The maximum absolute atomic E-state index is 13.0. The molecule has 12 heteroatoms. The molecule has 0 aromatic heterocycles. The van der Waals surface area contributed by atoms with Gasteiger partial charge in [0.05, 0.1) is 11.1 Å². The highest BCUT2D eigenvalue weighted by atomic mass is 16.5. The van der Waals surface area contributed by atoms with Crippen LogP contribution in [0.15, 0.2) is 18.2 Å².